The first-order valence-corrected chi connectivity index (χ1v) is 15.8. The maximum absolute atomic E-state index is 13.1. The highest BCUT2D eigenvalue weighted by molar-refractivity contribution is 6.26. The number of hydrogen-bond acceptors (Lipinski definition) is 9. The van der Waals surface area contributed by atoms with Gasteiger partial charge in [0.05, 0.1) is 36.6 Å². The fourth-order valence-electron chi connectivity index (χ4n) is 5.16. The van der Waals surface area contributed by atoms with Crippen molar-refractivity contribution in [1.29, 1.82) is 0 Å². The van der Waals surface area contributed by atoms with Gasteiger partial charge in [-0.2, -0.15) is 0 Å². The first kappa shape index (κ1) is 34.8. The lowest BCUT2D eigenvalue weighted by Gasteiger charge is -2.27. The van der Waals surface area contributed by atoms with E-state index in [9.17, 15) is 28.8 Å². The standard InChI is InChI=1S/C32H45N3O9/c1-2-3-4-5-6-9-15-28(38)44-22-21-43-20-19-42-18-10-7-8-14-26(36)33-24-13-11-12-23-29(24)32(41)35(31(23)40)25-16-17-27(37)34-30(25)39/h11-13,25H,2-10,14-22H2,1H3,(H,33,36)(H,34,37,39). The van der Waals surface area contributed by atoms with Crippen molar-refractivity contribution in [3.63, 3.8) is 0 Å². The van der Waals surface area contributed by atoms with Crippen molar-refractivity contribution in [1.82, 2.24) is 10.2 Å². The quantitative estimate of drug-likeness (QED) is 0.119. The Bertz CT molecular complexity index is 1170. The minimum absolute atomic E-state index is 0.0320. The summed E-state index contributed by atoms with van der Waals surface area (Å²) in [5, 5.41) is 4.89. The van der Waals surface area contributed by atoms with Gasteiger partial charge in [0, 0.05) is 25.9 Å². The number of nitrogens with zero attached hydrogens (tertiary/aromatic N) is 1. The topological polar surface area (TPSA) is 157 Å². The van der Waals surface area contributed by atoms with Crippen LogP contribution in [0.15, 0.2) is 18.2 Å². The van der Waals surface area contributed by atoms with Crippen LogP contribution < -0.4 is 10.6 Å². The summed E-state index contributed by atoms with van der Waals surface area (Å²) in [6.45, 7) is 4.11. The molecule has 0 spiro atoms. The maximum Gasteiger partial charge on any atom is 0.305 e. The highest BCUT2D eigenvalue weighted by atomic mass is 16.6. The van der Waals surface area contributed by atoms with Gasteiger partial charge >= 0.3 is 5.97 Å². The van der Waals surface area contributed by atoms with Gasteiger partial charge < -0.3 is 19.5 Å². The Morgan fingerprint density at radius 1 is 0.841 bits per heavy atom. The van der Waals surface area contributed by atoms with Crippen LogP contribution in [0.25, 0.3) is 0 Å². The van der Waals surface area contributed by atoms with Gasteiger partial charge in [-0.15, -0.1) is 0 Å². The lowest BCUT2D eigenvalue weighted by atomic mass is 10.0. The molecule has 1 unspecified atom stereocenters. The molecular weight excluding hydrogens is 570 g/mol. The van der Waals surface area contributed by atoms with Gasteiger partial charge in [0.2, 0.25) is 17.7 Å². The van der Waals surface area contributed by atoms with Crippen LogP contribution in [0.4, 0.5) is 5.69 Å². The van der Waals surface area contributed by atoms with Crippen LogP contribution in [0.1, 0.15) is 111 Å². The second-order valence-corrected chi connectivity index (χ2v) is 11.0. The van der Waals surface area contributed by atoms with E-state index in [0.717, 1.165) is 30.6 Å². The third kappa shape index (κ3) is 10.8. The summed E-state index contributed by atoms with van der Waals surface area (Å²) in [6.07, 6.45) is 9.68. The number of fused-ring (bicyclic) bond motifs is 1. The monoisotopic (exact) mass is 615 g/mol. The molecule has 2 aliphatic heterocycles. The number of ether oxygens (including phenoxy) is 3. The third-order valence-electron chi connectivity index (χ3n) is 7.53. The number of piperidine rings is 1. The Morgan fingerprint density at radius 2 is 1.52 bits per heavy atom. The summed E-state index contributed by atoms with van der Waals surface area (Å²) >= 11 is 0. The Balaban J connectivity index is 1.23. The molecule has 1 saturated heterocycles. The number of esters is 1. The number of carbonyl (C=O) groups is 6. The molecule has 1 aromatic carbocycles. The molecule has 44 heavy (non-hydrogen) atoms. The smallest absolute Gasteiger partial charge is 0.305 e. The molecular formula is C32H45N3O9. The number of anilines is 1. The number of hydrogen-bond donors (Lipinski definition) is 2. The van der Waals surface area contributed by atoms with Gasteiger partial charge in [0.1, 0.15) is 12.6 Å². The molecule has 2 N–H and O–H groups in total. The number of nitrogens with one attached hydrogen (secondary N) is 2. The van der Waals surface area contributed by atoms with Crippen LogP contribution in [-0.4, -0.2) is 79.5 Å². The van der Waals surface area contributed by atoms with Crippen LogP contribution in [0.2, 0.25) is 0 Å². The Morgan fingerprint density at radius 3 is 2.30 bits per heavy atom. The Hall–Kier alpha value is -3.64. The number of carbonyl (C=O) groups excluding carboxylic acids is 6. The summed E-state index contributed by atoms with van der Waals surface area (Å²) in [5.74, 6) is -2.89. The molecule has 0 saturated carbocycles. The molecule has 12 heteroatoms. The van der Waals surface area contributed by atoms with E-state index in [1.54, 1.807) is 12.1 Å². The summed E-state index contributed by atoms with van der Waals surface area (Å²) in [6, 6.07) is 3.53. The predicted octanol–water partition coefficient (Wildman–Crippen LogP) is 3.91. The van der Waals surface area contributed by atoms with Crippen LogP contribution in [0, 0.1) is 0 Å². The molecule has 2 aliphatic rings. The molecule has 12 nitrogen and oxygen atoms in total. The van der Waals surface area contributed by atoms with E-state index in [0.29, 0.717) is 39.3 Å². The predicted molar refractivity (Wildman–Crippen MR) is 161 cm³/mol. The third-order valence-corrected chi connectivity index (χ3v) is 7.53. The zero-order chi connectivity index (χ0) is 31.7. The zero-order valence-electron chi connectivity index (χ0n) is 25.7. The average Bonchev–Trinajstić information content (AvgIpc) is 3.25. The number of imide groups is 2. The van der Waals surface area contributed by atoms with E-state index >= 15 is 0 Å². The molecule has 1 aromatic rings. The van der Waals surface area contributed by atoms with Gasteiger partial charge in [0.15, 0.2) is 0 Å². The summed E-state index contributed by atoms with van der Waals surface area (Å²) in [4.78, 5) is 75.0. The van der Waals surface area contributed by atoms with Crippen molar-refractivity contribution in [2.24, 2.45) is 0 Å². The second kappa shape index (κ2) is 18.9. The van der Waals surface area contributed by atoms with Crippen molar-refractivity contribution in [2.75, 3.05) is 38.4 Å². The van der Waals surface area contributed by atoms with Crippen molar-refractivity contribution in [2.45, 2.75) is 96.4 Å². The van der Waals surface area contributed by atoms with Crippen molar-refractivity contribution >= 4 is 41.2 Å². The molecule has 1 fully saturated rings. The first-order valence-electron chi connectivity index (χ1n) is 15.8. The van der Waals surface area contributed by atoms with E-state index in [4.69, 9.17) is 14.2 Å². The summed E-state index contributed by atoms with van der Waals surface area (Å²) in [7, 11) is 0. The van der Waals surface area contributed by atoms with Crippen molar-refractivity contribution in [3.8, 4) is 0 Å². The highest BCUT2D eigenvalue weighted by Crippen LogP contribution is 2.32. The van der Waals surface area contributed by atoms with Crippen LogP contribution in [0.3, 0.4) is 0 Å². The molecule has 242 valence electrons. The molecule has 3 rings (SSSR count). The summed E-state index contributed by atoms with van der Waals surface area (Å²) in [5.41, 5.74) is 0.386. The summed E-state index contributed by atoms with van der Waals surface area (Å²) < 4.78 is 16.1. The van der Waals surface area contributed by atoms with E-state index in [1.807, 2.05) is 0 Å². The number of rotatable bonds is 21. The second-order valence-electron chi connectivity index (χ2n) is 11.0. The largest absolute Gasteiger partial charge is 0.463 e. The molecule has 2 heterocycles. The fourth-order valence-corrected chi connectivity index (χ4v) is 5.16. The van der Waals surface area contributed by atoms with Crippen LogP contribution in [-0.2, 0) is 33.4 Å². The van der Waals surface area contributed by atoms with Crippen LogP contribution in [0.5, 0.6) is 0 Å². The lowest BCUT2D eigenvalue weighted by Crippen LogP contribution is -2.54. The highest BCUT2D eigenvalue weighted by Gasteiger charge is 2.45. The van der Waals surface area contributed by atoms with Crippen molar-refractivity contribution < 1.29 is 43.0 Å². The molecule has 0 bridgehead atoms. The minimum Gasteiger partial charge on any atom is -0.463 e. The van der Waals surface area contributed by atoms with Gasteiger partial charge in [0.25, 0.3) is 11.8 Å². The number of unbranched alkanes of at least 4 members (excludes halogenated alkanes) is 7. The molecule has 0 radical (unpaired) electrons. The maximum atomic E-state index is 13.1. The van der Waals surface area contributed by atoms with Gasteiger partial charge in [-0.25, -0.2) is 0 Å². The van der Waals surface area contributed by atoms with Gasteiger partial charge in [-0.1, -0.05) is 51.5 Å². The fraction of sp³-hybridized carbons (Fsp3) is 0.625. The normalized spacial score (nSPS) is 16.2. The van der Waals surface area contributed by atoms with E-state index in [1.165, 1.54) is 31.7 Å². The van der Waals surface area contributed by atoms with Gasteiger partial charge in [-0.05, 0) is 37.8 Å². The molecule has 0 aliphatic carbocycles. The Labute approximate surface area is 258 Å². The average molecular weight is 616 g/mol. The lowest BCUT2D eigenvalue weighted by molar-refractivity contribution is -0.145. The van der Waals surface area contributed by atoms with Gasteiger partial charge in [-0.3, -0.25) is 39.0 Å². The van der Waals surface area contributed by atoms with E-state index in [2.05, 4.69) is 17.6 Å². The molecule has 0 aromatic heterocycles. The SMILES string of the molecule is CCCCCCCCC(=O)OCCOCCOCCCCCC(=O)Nc1cccc2c1C(=O)N(C1CCC(=O)NC1=O)C2=O. The number of benzene rings is 1. The van der Waals surface area contributed by atoms with Crippen LogP contribution >= 0.6 is 0 Å². The van der Waals surface area contributed by atoms with E-state index in [-0.39, 0.29) is 54.6 Å². The van der Waals surface area contributed by atoms with E-state index < -0.39 is 29.7 Å². The molecule has 5 amide bonds. The first-order chi connectivity index (χ1) is 21.3. The minimum atomic E-state index is -1.07. The molecule has 1 atom stereocenters. The number of amides is 5. The Kier molecular flexibility index (Phi) is 15.0. The van der Waals surface area contributed by atoms with Crippen molar-refractivity contribution in [3.05, 3.63) is 29.3 Å². The zero-order valence-corrected chi connectivity index (χ0v) is 25.7.